The molecule has 0 heterocycles. The molecule has 0 saturated heterocycles. The molecule has 0 aliphatic rings. The van der Waals surface area contributed by atoms with Crippen LogP contribution in [-0.2, 0) is 4.74 Å². The van der Waals surface area contributed by atoms with Crippen LogP contribution in [0.2, 0.25) is 0 Å². The van der Waals surface area contributed by atoms with E-state index in [0.29, 0.717) is 18.9 Å². The van der Waals surface area contributed by atoms with E-state index < -0.39 is 6.03 Å². The molecule has 0 fully saturated rings. The summed E-state index contributed by atoms with van der Waals surface area (Å²) in [5.74, 6) is 0. The molecule has 0 aliphatic heterocycles. The van der Waals surface area contributed by atoms with Crippen LogP contribution in [0.25, 0.3) is 0 Å². The van der Waals surface area contributed by atoms with Crippen LogP contribution in [-0.4, -0.2) is 25.0 Å². The zero-order valence-electron chi connectivity index (χ0n) is 9.14. The van der Waals surface area contributed by atoms with Crippen molar-refractivity contribution in [2.75, 3.05) is 13.2 Å². The molecule has 0 atom stereocenters. The van der Waals surface area contributed by atoms with E-state index in [2.05, 4.69) is 10.5 Å². The van der Waals surface area contributed by atoms with Crippen LogP contribution in [0.15, 0.2) is 35.4 Å². The normalized spacial score (nSPS) is 11.2. The molecule has 0 unspecified atom stereocenters. The maximum atomic E-state index is 10.6. The summed E-state index contributed by atoms with van der Waals surface area (Å²) >= 11 is 0. The zero-order valence-corrected chi connectivity index (χ0v) is 9.14. The first-order valence-electron chi connectivity index (χ1n) is 4.99. The highest BCUT2D eigenvalue weighted by Crippen LogP contribution is 2.01. The highest BCUT2D eigenvalue weighted by molar-refractivity contribution is 6.01. The number of hydrogen-bond donors (Lipinski definition) is 2. The van der Waals surface area contributed by atoms with Gasteiger partial charge < -0.3 is 10.5 Å². The second-order valence-electron chi connectivity index (χ2n) is 3.04. The number of nitrogens with one attached hydrogen (secondary N) is 1. The van der Waals surface area contributed by atoms with Gasteiger partial charge in [-0.3, -0.25) is 0 Å². The van der Waals surface area contributed by atoms with Gasteiger partial charge in [-0.25, -0.2) is 10.2 Å². The van der Waals surface area contributed by atoms with Gasteiger partial charge in [0.15, 0.2) is 0 Å². The van der Waals surface area contributed by atoms with Gasteiger partial charge >= 0.3 is 6.03 Å². The summed E-state index contributed by atoms with van der Waals surface area (Å²) in [4.78, 5) is 10.6. The van der Waals surface area contributed by atoms with Crippen LogP contribution in [0.1, 0.15) is 12.5 Å². The predicted octanol–water partition coefficient (Wildman–Crippen LogP) is 1.10. The van der Waals surface area contributed by atoms with E-state index in [1.54, 1.807) is 0 Å². The number of carbonyl (C=O) groups excluding carboxylic acids is 1. The monoisotopic (exact) mass is 221 g/mol. The molecule has 3 N–H and O–H groups in total. The third-order valence-corrected chi connectivity index (χ3v) is 1.85. The minimum Gasteiger partial charge on any atom is -0.375 e. The van der Waals surface area contributed by atoms with Gasteiger partial charge in [-0.15, -0.1) is 0 Å². The number of amides is 2. The Morgan fingerprint density at radius 3 is 2.69 bits per heavy atom. The lowest BCUT2D eigenvalue weighted by Crippen LogP contribution is -2.27. The third-order valence-electron chi connectivity index (χ3n) is 1.85. The second kappa shape index (κ2) is 6.58. The molecule has 1 aromatic carbocycles. The fourth-order valence-electron chi connectivity index (χ4n) is 1.13. The highest BCUT2D eigenvalue weighted by Gasteiger charge is 2.03. The lowest BCUT2D eigenvalue weighted by Gasteiger charge is -2.06. The van der Waals surface area contributed by atoms with Gasteiger partial charge in [0.2, 0.25) is 0 Å². The van der Waals surface area contributed by atoms with Crippen molar-refractivity contribution in [2.45, 2.75) is 6.92 Å². The summed E-state index contributed by atoms with van der Waals surface area (Å²) in [6, 6.07) is 8.77. The first-order valence-corrected chi connectivity index (χ1v) is 4.99. The van der Waals surface area contributed by atoms with E-state index in [9.17, 15) is 4.79 Å². The van der Waals surface area contributed by atoms with Crippen molar-refractivity contribution in [1.29, 1.82) is 0 Å². The van der Waals surface area contributed by atoms with Crippen LogP contribution >= 0.6 is 0 Å². The number of ether oxygens (including phenoxy) is 1. The molecular weight excluding hydrogens is 206 g/mol. The standard InChI is InChI=1S/C11H15N3O2/c1-2-16-8-10(13-14-11(12)15)9-6-4-3-5-7-9/h3-7H,2,8H2,1H3,(H3,12,14,15)/b13-10+. The Labute approximate surface area is 94.3 Å². The minimum absolute atomic E-state index is 0.334. The van der Waals surface area contributed by atoms with Crippen LogP contribution < -0.4 is 11.2 Å². The van der Waals surface area contributed by atoms with Gasteiger partial charge in [0.05, 0.1) is 12.3 Å². The number of rotatable bonds is 5. The summed E-state index contributed by atoms with van der Waals surface area (Å²) in [5, 5.41) is 3.90. The Morgan fingerprint density at radius 1 is 1.44 bits per heavy atom. The number of carbonyl (C=O) groups is 1. The summed E-state index contributed by atoms with van der Waals surface area (Å²) < 4.78 is 5.26. The molecule has 86 valence electrons. The quantitative estimate of drug-likeness (QED) is 0.577. The van der Waals surface area contributed by atoms with E-state index in [4.69, 9.17) is 10.5 Å². The maximum Gasteiger partial charge on any atom is 0.332 e. The Morgan fingerprint density at radius 2 is 2.12 bits per heavy atom. The summed E-state index contributed by atoms with van der Waals surface area (Å²) in [5.41, 5.74) is 8.68. The number of nitrogens with two attached hydrogens (primary N) is 1. The van der Waals surface area contributed by atoms with Crippen LogP contribution in [0, 0.1) is 0 Å². The van der Waals surface area contributed by atoms with Gasteiger partial charge in [-0.05, 0) is 6.92 Å². The topological polar surface area (TPSA) is 76.7 Å². The molecule has 5 nitrogen and oxygen atoms in total. The number of hydrogen-bond acceptors (Lipinski definition) is 3. The fourth-order valence-corrected chi connectivity index (χ4v) is 1.13. The number of benzene rings is 1. The largest absolute Gasteiger partial charge is 0.375 e. The molecular formula is C11H15N3O2. The molecule has 1 aromatic rings. The number of hydrazone groups is 1. The Hall–Kier alpha value is -1.88. The van der Waals surface area contributed by atoms with Crippen LogP contribution in [0.5, 0.6) is 0 Å². The second-order valence-corrected chi connectivity index (χ2v) is 3.04. The minimum atomic E-state index is -0.690. The van der Waals surface area contributed by atoms with Crippen molar-refractivity contribution in [3.05, 3.63) is 35.9 Å². The average molecular weight is 221 g/mol. The zero-order chi connectivity index (χ0) is 11.8. The van der Waals surface area contributed by atoms with E-state index in [0.717, 1.165) is 5.56 Å². The Bertz CT molecular complexity index is 363. The molecule has 0 aliphatic carbocycles. The molecule has 2 amide bonds. The summed E-state index contributed by atoms with van der Waals surface area (Å²) in [7, 11) is 0. The van der Waals surface area contributed by atoms with Gasteiger partial charge in [-0.2, -0.15) is 5.10 Å². The van der Waals surface area contributed by atoms with Crippen molar-refractivity contribution in [2.24, 2.45) is 10.8 Å². The van der Waals surface area contributed by atoms with E-state index in [1.807, 2.05) is 37.3 Å². The average Bonchev–Trinajstić information content (AvgIpc) is 2.30. The summed E-state index contributed by atoms with van der Waals surface area (Å²) in [6.45, 7) is 2.81. The van der Waals surface area contributed by atoms with E-state index in [-0.39, 0.29) is 0 Å². The number of nitrogens with zero attached hydrogens (tertiary/aromatic N) is 1. The van der Waals surface area contributed by atoms with E-state index >= 15 is 0 Å². The molecule has 0 bridgehead atoms. The smallest absolute Gasteiger partial charge is 0.332 e. The van der Waals surface area contributed by atoms with Crippen molar-refractivity contribution in [1.82, 2.24) is 5.43 Å². The van der Waals surface area contributed by atoms with Gasteiger partial charge in [0.25, 0.3) is 0 Å². The fraction of sp³-hybridized carbons (Fsp3) is 0.273. The molecule has 0 aromatic heterocycles. The third kappa shape index (κ3) is 4.10. The molecule has 0 radical (unpaired) electrons. The molecule has 0 spiro atoms. The molecule has 0 saturated carbocycles. The Kier molecular flexibility index (Phi) is 5.01. The van der Waals surface area contributed by atoms with Crippen molar-refractivity contribution < 1.29 is 9.53 Å². The molecule has 5 heteroatoms. The molecule has 16 heavy (non-hydrogen) atoms. The van der Waals surface area contributed by atoms with Crippen LogP contribution in [0.3, 0.4) is 0 Å². The van der Waals surface area contributed by atoms with Crippen molar-refractivity contribution >= 4 is 11.7 Å². The van der Waals surface area contributed by atoms with Gasteiger partial charge in [0, 0.05) is 12.2 Å². The summed E-state index contributed by atoms with van der Waals surface area (Å²) in [6.07, 6.45) is 0. The lowest BCUT2D eigenvalue weighted by molar-refractivity contribution is 0.187. The van der Waals surface area contributed by atoms with Crippen LogP contribution in [0.4, 0.5) is 4.79 Å². The molecule has 1 rings (SSSR count). The predicted molar refractivity (Wildman–Crippen MR) is 62.2 cm³/mol. The van der Waals surface area contributed by atoms with Crippen molar-refractivity contribution in [3.63, 3.8) is 0 Å². The van der Waals surface area contributed by atoms with Gasteiger partial charge in [-0.1, -0.05) is 30.3 Å². The number of primary amides is 1. The van der Waals surface area contributed by atoms with Crippen molar-refractivity contribution in [3.8, 4) is 0 Å². The van der Waals surface area contributed by atoms with E-state index in [1.165, 1.54) is 0 Å². The lowest BCUT2D eigenvalue weighted by atomic mass is 10.1. The maximum absolute atomic E-state index is 10.6. The SMILES string of the molecule is CCOC/C(=N\NC(N)=O)c1ccccc1. The first kappa shape index (κ1) is 12.2. The van der Waals surface area contributed by atoms with Gasteiger partial charge in [0.1, 0.15) is 0 Å². The first-order chi connectivity index (χ1) is 7.74. The highest BCUT2D eigenvalue weighted by atomic mass is 16.5. The number of urea groups is 1. The Balaban J connectivity index is 2.78.